The van der Waals surface area contributed by atoms with Gasteiger partial charge >= 0.3 is 12.1 Å². The number of carboxylic acid groups (broad SMARTS) is 1. The molecule has 0 heterocycles. The van der Waals surface area contributed by atoms with Gasteiger partial charge in [0.25, 0.3) is 0 Å². The number of carboxylic acids is 1. The summed E-state index contributed by atoms with van der Waals surface area (Å²) in [4.78, 5) is 36.3. The van der Waals surface area contributed by atoms with Crippen molar-refractivity contribution < 1.29 is 24.2 Å². The number of unbranched alkanes of at least 4 members (excludes halogenated alkanes) is 1. The van der Waals surface area contributed by atoms with Crippen molar-refractivity contribution in [2.75, 3.05) is 13.2 Å². The van der Waals surface area contributed by atoms with Gasteiger partial charge < -0.3 is 20.5 Å². The summed E-state index contributed by atoms with van der Waals surface area (Å²) in [6.45, 7) is 5.80. The molecule has 1 aliphatic carbocycles. The quantitative estimate of drug-likeness (QED) is 0.392. The van der Waals surface area contributed by atoms with Gasteiger partial charge in [-0.05, 0) is 48.9 Å². The minimum absolute atomic E-state index is 0.0249. The van der Waals surface area contributed by atoms with E-state index in [-0.39, 0.29) is 37.4 Å². The number of nitrogens with one attached hydrogen (secondary N) is 2. The third-order valence-corrected chi connectivity index (χ3v) is 6.65. The molecule has 7 nitrogen and oxygen atoms in total. The molecule has 1 atom stereocenters. The van der Waals surface area contributed by atoms with Crippen LogP contribution in [0.5, 0.6) is 0 Å². The van der Waals surface area contributed by atoms with Crippen molar-refractivity contribution in [3.63, 3.8) is 0 Å². The van der Waals surface area contributed by atoms with Gasteiger partial charge in [-0.15, -0.1) is 0 Å². The van der Waals surface area contributed by atoms with Crippen LogP contribution in [0, 0.1) is 5.41 Å². The third kappa shape index (κ3) is 6.84. The average Bonchev–Trinajstić information content (AvgIpc) is 3.14. The number of alkyl carbamates (subject to hydrolysis) is 1. The highest BCUT2D eigenvalue weighted by atomic mass is 16.5. The molecule has 0 radical (unpaired) electrons. The Morgan fingerprint density at radius 2 is 1.63 bits per heavy atom. The summed E-state index contributed by atoms with van der Waals surface area (Å²) in [5.74, 6) is -1.14. The second-order valence-corrected chi connectivity index (χ2v) is 9.80. The van der Waals surface area contributed by atoms with Crippen LogP contribution in [0.3, 0.4) is 0 Å². The fourth-order valence-corrected chi connectivity index (χ4v) is 4.40. The Morgan fingerprint density at radius 3 is 2.20 bits per heavy atom. The molecule has 0 bridgehead atoms. The van der Waals surface area contributed by atoms with E-state index < -0.39 is 17.5 Å². The van der Waals surface area contributed by atoms with E-state index in [1.807, 2.05) is 24.3 Å². The molecule has 1 unspecified atom stereocenters. The summed E-state index contributed by atoms with van der Waals surface area (Å²) in [5, 5.41) is 14.9. The van der Waals surface area contributed by atoms with Crippen molar-refractivity contribution in [2.45, 2.75) is 64.8 Å². The molecule has 35 heavy (non-hydrogen) atoms. The number of carbonyl (C=O) groups excluding carboxylic acids is 2. The van der Waals surface area contributed by atoms with Crippen molar-refractivity contribution in [3.05, 3.63) is 59.7 Å². The second kappa shape index (κ2) is 11.9. The van der Waals surface area contributed by atoms with Crippen molar-refractivity contribution in [2.24, 2.45) is 5.41 Å². The van der Waals surface area contributed by atoms with Crippen molar-refractivity contribution in [1.29, 1.82) is 0 Å². The summed E-state index contributed by atoms with van der Waals surface area (Å²) in [6, 6.07) is 16.0. The molecule has 2 aromatic carbocycles. The lowest BCUT2D eigenvalue weighted by atomic mass is 9.90. The summed E-state index contributed by atoms with van der Waals surface area (Å²) < 4.78 is 5.64. The predicted octanol–water partition coefficient (Wildman–Crippen LogP) is 5.09. The number of hydrogen-bond donors (Lipinski definition) is 3. The van der Waals surface area contributed by atoms with Gasteiger partial charge in [0.2, 0.25) is 5.91 Å². The first-order valence-corrected chi connectivity index (χ1v) is 12.3. The summed E-state index contributed by atoms with van der Waals surface area (Å²) in [5.41, 5.74) is 3.72. The summed E-state index contributed by atoms with van der Waals surface area (Å²) in [6.07, 6.45) is 2.39. The first-order valence-electron chi connectivity index (χ1n) is 12.3. The molecule has 0 spiro atoms. The molecule has 0 fully saturated rings. The van der Waals surface area contributed by atoms with Crippen LogP contribution in [-0.4, -0.2) is 42.3 Å². The molecule has 0 aromatic heterocycles. The van der Waals surface area contributed by atoms with Crippen LogP contribution in [0.2, 0.25) is 0 Å². The molecular formula is C28H36N2O5. The lowest BCUT2D eigenvalue weighted by Gasteiger charge is -2.21. The Morgan fingerprint density at radius 1 is 1.03 bits per heavy atom. The Balaban J connectivity index is 1.54. The molecular weight excluding hydrogens is 444 g/mol. The molecule has 3 N–H and O–H groups in total. The van der Waals surface area contributed by atoms with Gasteiger partial charge in [0.1, 0.15) is 6.61 Å². The smallest absolute Gasteiger partial charge is 0.407 e. The molecule has 7 heteroatoms. The van der Waals surface area contributed by atoms with Crippen LogP contribution in [0.1, 0.15) is 69.9 Å². The zero-order valence-corrected chi connectivity index (χ0v) is 20.8. The first-order chi connectivity index (χ1) is 16.7. The molecule has 2 amide bonds. The zero-order chi connectivity index (χ0) is 25.4. The fraction of sp³-hybridized carbons (Fsp3) is 0.464. The van der Waals surface area contributed by atoms with Crippen molar-refractivity contribution >= 4 is 18.0 Å². The summed E-state index contributed by atoms with van der Waals surface area (Å²) >= 11 is 0. The molecule has 0 saturated carbocycles. The Bertz CT molecular complexity index is 1000. The van der Waals surface area contributed by atoms with Crippen LogP contribution >= 0.6 is 0 Å². The number of benzene rings is 2. The minimum atomic E-state index is -0.908. The number of rotatable bonds is 12. The van der Waals surface area contributed by atoms with E-state index >= 15 is 0 Å². The fourth-order valence-electron chi connectivity index (χ4n) is 4.40. The number of ether oxygens (including phenoxy) is 1. The van der Waals surface area contributed by atoms with E-state index in [1.54, 1.807) is 13.8 Å². The van der Waals surface area contributed by atoms with E-state index in [4.69, 9.17) is 4.74 Å². The minimum Gasteiger partial charge on any atom is -0.481 e. The van der Waals surface area contributed by atoms with Gasteiger partial charge in [0.05, 0.1) is 5.41 Å². The Hall–Kier alpha value is -3.35. The van der Waals surface area contributed by atoms with E-state index in [0.717, 1.165) is 24.0 Å². The number of carbonyl (C=O) groups is 3. The highest BCUT2D eigenvalue weighted by Gasteiger charge is 2.30. The topological polar surface area (TPSA) is 105 Å². The number of fused-ring (bicyclic) bond motifs is 3. The summed E-state index contributed by atoms with van der Waals surface area (Å²) in [7, 11) is 0. The van der Waals surface area contributed by atoms with E-state index in [1.165, 1.54) is 11.1 Å². The maximum atomic E-state index is 12.7. The largest absolute Gasteiger partial charge is 0.481 e. The monoisotopic (exact) mass is 480 g/mol. The van der Waals surface area contributed by atoms with Crippen LogP contribution in [-0.2, 0) is 14.3 Å². The van der Waals surface area contributed by atoms with Crippen molar-refractivity contribution in [1.82, 2.24) is 10.6 Å². The maximum absolute atomic E-state index is 12.7. The van der Waals surface area contributed by atoms with Gasteiger partial charge in [0.15, 0.2) is 0 Å². The van der Waals surface area contributed by atoms with Crippen LogP contribution in [0.25, 0.3) is 11.1 Å². The normalized spacial score (nSPS) is 13.5. The molecule has 3 rings (SSSR count). The van der Waals surface area contributed by atoms with Crippen LogP contribution in [0.15, 0.2) is 48.5 Å². The number of amides is 2. The standard InChI is InChI=1S/C28H36N2O5/c1-4-5-10-19(17-25(31)29-16-15-28(2,3)26(32)33)30-27(34)35-18-24-22-13-8-6-11-20(22)21-12-7-9-14-23(21)24/h6-9,11-14,19,24H,4-5,10,15-18H2,1-3H3,(H,29,31)(H,30,34)(H,32,33). The van der Waals surface area contributed by atoms with Crippen LogP contribution in [0.4, 0.5) is 4.79 Å². The lowest BCUT2D eigenvalue weighted by molar-refractivity contribution is -0.147. The molecule has 0 aliphatic heterocycles. The molecule has 2 aromatic rings. The molecule has 1 aliphatic rings. The highest BCUT2D eigenvalue weighted by molar-refractivity contribution is 5.80. The van der Waals surface area contributed by atoms with Crippen molar-refractivity contribution in [3.8, 4) is 11.1 Å². The maximum Gasteiger partial charge on any atom is 0.407 e. The number of aliphatic carboxylic acids is 1. The average molecular weight is 481 g/mol. The first kappa shape index (κ1) is 26.3. The molecule has 0 saturated heterocycles. The lowest BCUT2D eigenvalue weighted by Crippen LogP contribution is -2.40. The van der Waals surface area contributed by atoms with E-state index in [2.05, 4.69) is 41.8 Å². The van der Waals surface area contributed by atoms with Gasteiger partial charge in [-0.1, -0.05) is 68.3 Å². The third-order valence-electron chi connectivity index (χ3n) is 6.65. The molecule has 188 valence electrons. The SMILES string of the molecule is CCCCC(CC(=O)NCCC(C)(C)C(=O)O)NC(=O)OCC1c2ccccc2-c2ccccc21. The predicted molar refractivity (Wildman–Crippen MR) is 135 cm³/mol. The van der Waals surface area contributed by atoms with E-state index in [0.29, 0.717) is 12.8 Å². The van der Waals surface area contributed by atoms with Gasteiger partial charge in [-0.25, -0.2) is 4.79 Å². The van der Waals surface area contributed by atoms with Crippen LogP contribution < -0.4 is 10.6 Å². The highest BCUT2D eigenvalue weighted by Crippen LogP contribution is 2.44. The zero-order valence-electron chi connectivity index (χ0n) is 20.8. The Labute approximate surface area is 207 Å². The van der Waals surface area contributed by atoms with Gasteiger partial charge in [0, 0.05) is 24.9 Å². The van der Waals surface area contributed by atoms with E-state index in [9.17, 15) is 19.5 Å². The Kier molecular flexibility index (Phi) is 8.90. The van der Waals surface area contributed by atoms with Gasteiger partial charge in [-0.3, -0.25) is 9.59 Å². The van der Waals surface area contributed by atoms with Gasteiger partial charge in [-0.2, -0.15) is 0 Å². The number of hydrogen-bond acceptors (Lipinski definition) is 4. The second-order valence-electron chi connectivity index (χ2n) is 9.80.